The van der Waals surface area contributed by atoms with E-state index in [2.05, 4.69) is 6.92 Å². The van der Waals surface area contributed by atoms with Crippen molar-refractivity contribution in [1.82, 2.24) is 0 Å². The summed E-state index contributed by atoms with van der Waals surface area (Å²) in [5.74, 6) is 1.50. The fourth-order valence-corrected chi connectivity index (χ4v) is 4.40. The molecule has 0 saturated carbocycles. The molecule has 0 aromatic rings. The van der Waals surface area contributed by atoms with Gasteiger partial charge in [-0.2, -0.15) is 11.8 Å². The maximum absolute atomic E-state index is 9.87. The zero-order valence-electron chi connectivity index (χ0n) is 16.4. The molecule has 26 heavy (non-hydrogen) atoms. The molecule has 4 N–H and O–H groups in total. The second kappa shape index (κ2) is 15.1. The molecule has 0 aliphatic carbocycles. The number of hydrogen-bond acceptors (Lipinski definition) is 6. The summed E-state index contributed by atoms with van der Waals surface area (Å²) < 4.78 is 5.17. The molecule has 5 nitrogen and oxygen atoms in total. The quantitative estimate of drug-likeness (QED) is 0.320. The van der Waals surface area contributed by atoms with Crippen molar-refractivity contribution in [3.63, 3.8) is 0 Å². The Morgan fingerprint density at radius 1 is 0.654 bits per heavy atom. The van der Waals surface area contributed by atoms with Crippen LogP contribution in [0, 0.1) is 0 Å². The van der Waals surface area contributed by atoms with Crippen molar-refractivity contribution in [3.8, 4) is 0 Å². The van der Waals surface area contributed by atoms with Gasteiger partial charge in [-0.25, -0.2) is 0 Å². The molecule has 1 saturated heterocycles. The van der Waals surface area contributed by atoms with Crippen molar-refractivity contribution in [3.05, 3.63) is 0 Å². The van der Waals surface area contributed by atoms with Gasteiger partial charge in [0.1, 0.15) is 18.3 Å². The topological polar surface area (TPSA) is 90.2 Å². The normalized spacial score (nSPS) is 29.2. The zero-order valence-corrected chi connectivity index (χ0v) is 17.2. The van der Waals surface area contributed by atoms with Crippen LogP contribution in [0.4, 0.5) is 0 Å². The van der Waals surface area contributed by atoms with Crippen molar-refractivity contribution in [1.29, 1.82) is 0 Å². The summed E-state index contributed by atoms with van der Waals surface area (Å²) in [5, 5.41) is 38.5. The van der Waals surface area contributed by atoms with Gasteiger partial charge in [0, 0.05) is 5.75 Å². The van der Waals surface area contributed by atoms with E-state index >= 15 is 0 Å². The van der Waals surface area contributed by atoms with Crippen LogP contribution in [0.5, 0.6) is 0 Å². The first-order valence-corrected chi connectivity index (χ1v) is 11.7. The minimum atomic E-state index is -1.44. The summed E-state index contributed by atoms with van der Waals surface area (Å²) in [6, 6.07) is 0. The average Bonchev–Trinajstić information content (AvgIpc) is 2.64. The van der Waals surface area contributed by atoms with Crippen molar-refractivity contribution in [2.45, 2.75) is 115 Å². The summed E-state index contributed by atoms with van der Waals surface area (Å²) in [6.45, 7) is 2.26. The molecular formula is C20H40O5S. The second-order valence-corrected chi connectivity index (χ2v) is 8.65. The number of hydrogen-bond donors (Lipinski definition) is 4. The summed E-state index contributed by atoms with van der Waals surface area (Å²) in [5.41, 5.74) is 0. The Morgan fingerprint density at radius 3 is 1.69 bits per heavy atom. The van der Waals surface area contributed by atoms with E-state index in [0.717, 1.165) is 12.2 Å². The molecule has 6 heteroatoms. The van der Waals surface area contributed by atoms with Gasteiger partial charge >= 0.3 is 0 Å². The molecule has 0 aromatic heterocycles. The smallest absolute Gasteiger partial charge is 0.183 e. The highest BCUT2D eigenvalue weighted by Gasteiger charge is 2.42. The SMILES string of the molecule is CCCCCCCCCCCCCCSC[C@H]1O[C@H](O)[C@H](O)[C@@H](O)[C@H]1O. The Hall–Kier alpha value is 0.150. The Balaban J connectivity index is 1.88. The molecule has 1 fully saturated rings. The van der Waals surface area contributed by atoms with Crippen LogP contribution in [-0.2, 0) is 4.74 Å². The number of aliphatic hydroxyl groups is 4. The molecule has 156 valence electrons. The van der Waals surface area contributed by atoms with Gasteiger partial charge in [0.2, 0.25) is 0 Å². The van der Waals surface area contributed by atoms with Crippen molar-refractivity contribution >= 4 is 11.8 Å². The second-order valence-electron chi connectivity index (χ2n) is 7.50. The monoisotopic (exact) mass is 392 g/mol. The third-order valence-electron chi connectivity index (χ3n) is 5.11. The molecule has 0 spiro atoms. The van der Waals surface area contributed by atoms with E-state index in [1.165, 1.54) is 70.6 Å². The van der Waals surface area contributed by atoms with Crippen LogP contribution in [0.2, 0.25) is 0 Å². The first kappa shape index (κ1) is 24.2. The molecule has 0 amide bonds. The van der Waals surface area contributed by atoms with Gasteiger partial charge in [0.15, 0.2) is 6.29 Å². The van der Waals surface area contributed by atoms with E-state index < -0.39 is 30.7 Å². The lowest BCUT2D eigenvalue weighted by Crippen LogP contribution is -2.58. The van der Waals surface area contributed by atoms with Gasteiger partial charge < -0.3 is 25.2 Å². The minimum absolute atomic E-state index is 0.514. The molecule has 0 radical (unpaired) electrons. The fourth-order valence-electron chi connectivity index (χ4n) is 3.31. The van der Waals surface area contributed by atoms with E-state index in [0.29, 0.717) is 5.75 Å². The molecular weight excluding hydrogens is 352 g/mol. The molecule has 0 aromatic carbocycles. The Morgan fingerprint density at radius 2 is 1.15 bits per heavy atom. The first-order chi connectivity index (χ1) is 12.6. The maximum atomic E-state index is 9.87. The van der Waals surface area contributed by atoms with E-state index in [1.807, 2.05) is 0 Å². The lowest BCUT2D eigenvalue weighted by molar-refractivity contribution is -0.276. The lowest BCUT2D eigenvalue weighted by atomic mass is 10.0. The number of unbranched alkanes of at least 4 members (excludes halogenated alkanes) is 11. The minimum Gasteiger partial charge on any atom is -0.388 e. The van der Waals surface area contributed by atoms with Crippen LogP contribution in [0.3, 0.4) is 0 Å². The molecule has 0 bridgehead atoms. The van der Waals surface area contributed by atoms with Gasteiger partial charge in [-0.3, -0.25) is 0 Å². The number of thioether (sulfide) groups is 1. The van der Waals surface area contributed by atoms with Crippen molar-refractivity contribution in [2.75, 3.05) is 11.5 Å². The largest absolute Gasteiger partial charge is 0.388 e. The molecule has 1 rings (SSSR count). The Bertz CT molecular complexity index is 331. The van der Waals surface area contributed by atoms with Gasteiger partial charge in [-0.1, -0.05) is 77.6 Å². The highest BCUT2D eigenvalue weighted by atomic mass is 32.2. The maximum Gasteiger partial charge on any atom is 0.183 e. The first-order valence-electron chi connectivity index (χ1n) is 10.5. The summed E-state index contributed by atoms with van der Waals surface area (Å²) in [6.07, 6.45) is 9.96. The van der Waals surface area contributed by atoms with Crippen LogP contribution in [-0.4, -0.2) is 62.6 Å². The van der Waals surface area contributed by atoms with Crippen LogP contribution in [0.25, 0.3) is 0 Å². The number of ether oxygens (including phenoxy) is 1. The van der Waals surface area contributed by atoms with Gasteiger partial charge in [-0.15, -0.1) is 0 Å². The number of rotatable bonds is 15. The Kier molecular flexibility index (Phi) is 14.1. The van der Waals surface area contributed by atoms with Crippen LogP contribution < -0.4 is 0 Å². The van der Waals surface area contributed by atoms with Gasteiger partial charge in [0.05, 0.1) is 6.10 Å². The number of aliphatic hydroxyl groups excluding tert-OH is 4. The molecule has 1 aliphatic rings. The van der Waals surface area contributed by atoms with Crippen LogP contribution in [0.15, 0.2) is 0 Å². The van der Waals surface area contributed by atoms with Gasteiger partial charge in [-0.05, 0) is 12.2 Å². The summed E-state index contributed by atoms with van der Waals surface area (Å²) in [4.78, 5) is 0. The predicted octanol–water partition coefficient (Wildman–Crippen LogP) is 3.22. The third kappa shape index (κ3) is 9.90. The van der Waals surface area contributed by atoms with Crippen molar-refractivity contribution < 1.29 is 25.2 Å². The molecule has 0 unspecified atom stereocenters. The molecule has 5 atom stereocenters. The summed E-state index contributed by atoms with van der Waals surface area (Å²) >= 11 is 1.66. The summed E-state index contributed by atoms with van der Waals surface area (Å²) in [7, 11) is 0. The third-order valence-corrected chi connectivity index (χ3v) is 6.25. The van der Waals surface area contributed by atoms with E-state index in [-0.39, 0.29) is 0 Å². The van der Waals surface area contributed by atoms with Crippen LogP contribution >= 0.6 is 11.8 Å². The fraction of sp³-hybridized carbons (Fsp3) is 1.00. The molecule has 1 heterocycles. The van der Waals surface area contributed by atoms with E-state index in [4.69, 9.17) is 4.74 Å². The highest BCUT2D eigenvalue weighted by molar-refractivity contribution is 7.99. The van der Waals surface area contributed by atoms with Gasteiger partial charge in [0.25, 0.3) is 0 Å². The standard InChI is InChI=1S/C20H40O5S/c1-2-3-4-5-6-7-8-9-10-11-12-13-14-26-15-16-17(21)18(22)19(23)20(24)25-16/h16-24H,2-15H2,1H3/t16-,17+,18+,19-,20+/m1/s1. The average molecular weight is 393 g/mol. The predicted molar refractivity (Wildman–Crippen MR) is 107 cm³/mol. The zero-order chi connectivity index (χ0) is 19.2. The Labute approximate surface area is 163 Å². The highest BCUT2D eigenvalue weighted by Crippen LogP contribution is 2.23. The van der Waals surface area contributed by atoms with E-state index in [9.17, 15) is 20.4 Å². The van der Waals surface area contributed by atoms with Crippen LogP contribution in [0.1, 0.15) is 84.0 Å². The lowest BCUT2D eigenvalue weighted by Gasteiger charge is -2.38. The van der Waals surface area contributed by atoms with Crippen molar-refractivity contribution in [2.24, 2.45) is 0 Å². The van der Waals surface area contributed by atoms with E-state index in [1.54, 1.807) is 11.8 Å². The molecule has 1 aliphatic heterocycles.